The van der Waals surface area contributed by atoms with Crippen molar-refractivity contribution in [3.63, 3.8) is 0 Å². The Labute approximate surface area is 183 Å². The quantitative estimate of drug-likeness (QED) is 0.492. The molecule has 0 atom stereocenters. The highest BCUT2D eigenvalue weighted by atomic mass is 79.9. The van der Waals surface area contributed by atoms with Gasteiger partial charge in [-0.1, -0.05) is 30.3 Å². The minimum atomic E-state index is 0.764. The molecule has 3 aromatic rings. The van der Waals surface area contributed by atoms with Gasteiger partial charge in [-0.2, -0.15) is 5.10 Å². The van der Waals surface area contributed by atoms with Crippen LogP contribution in [0.3, 0.4) is 0 Å². The minimum Gasteiger partial charge on any atom is -0.300 e. The fraction of sp³-hybridized carbons (Fsp3) is 0.400. The zero-order valence-corrected chi connectivity index (χ0v) is 19.1. The van der Waals surface area contributed by atoms with Crippen molar-refractivity contribution in [1.29, 1.82) is 0 Å². The molecule has 8 heteroatoms. The van der Waals surface area contributed by atoms with E-state index in [0.29, 0.717) is 0 Å². The number of aromatic nitrogens is 3. The van der Waals surface area contributed by atoms with E-state index in [9.17, 15) is 0 Å². The van der Waals surface area contributed by atoms with Crippen LogP contribution in [0.25, 0.3) is 0 Å². The molecule has 0 amide bonds. The van der Waals surface area contributed by atoms with Crippen LogP contribution in [-0.2, 0) is 19.8 Å². The zero-order chi connectivity index (χ0) is 19.5. The summed E-state index contributed by atoms with van der Waals surface area (Å²) in [5, 5.41) is 4.71. The molecule has 1 aliphatic heterocycles. The first kappa shape index (κ1) is 20.0. The van der Waals surface area contributed by atoms with Crippen LogP contribution in [0.1, 0.15) is 16.3 Å². The summed E-state index contributed by atoms with van der Waals surface area (Å²) < 4.78 is 6.10. The molecule has 0 aliphatic carbocycles. The van der Waals surface area contributed by atoms with Crippen LogP contribution < -0.4 is 0 Å². The van der Waals surface area contributed by atoms with E-state index in [4.69, 9.17) is 17.3 Å². The molecule has 1 aliphatic rings. The molecule has 2 aromatic heterocycles. The van der Waals surface area contributed by atoms with Crippen molar-refractivity contribution >= 4 is 39.5 Å². The lowest BCUT2D eigenvalue weighted by Crippen LogP contribution is -2.46. The second-order valence-electron chi connectivity index (χ2n) is 7.14. The molecule has 0 spiro atoms. The van der Waals surface area contributed by atoms with E-state index >= 15 is 0 Å². The van der Waals surface area contributed by atoms with Crippen LogP contribution in [-0.4, -0.2) is 50.3 Å². The topological polar surface area (TPSA) is 29.2 Å². The molecule has 5 nitrogen and oxygen atoms in total. The number of thiophene rings is 1. The first-order valence-electron chi connectivity index (χ1n) is 9.45. The molecule has 28 heavy (non-hydrogen) atoms. The van der Waals surface area contributed by atoms with Gasteiger partial charge >= 0.3 is 0 Å². The standard InChI is InChI=1S/C20H24BrN5S2/c1-16-22-26(20(27)25(16)13-17-5-3-2-4-6-17)15-24-11-9-23(10-12-24)14-18-7-8-19(21)28-18/h2-8H,9-15H2,1H3. The monoisotopic (exact) mass is 477 g/mol. The van der Waals surface area contributed by atoms with Crippen LogP contribution in [0.4, 0.5) is 0 Å². The van der Waals surface area contributed by atoms with E-state index in [2.05, 4.69) is 66.7 Å². The summed E-state index contributed by atoms with van der Waals surface area (Å²) in [5.74, 6) is 0.968. The molecule has 4 rings (SSSR count). The van der Waals surface area contributed by atoms with Crippen molar-refractivity contribution in [2.75, 3.05) is 26.2 Å². The summed E-state index contributed by atoms with van der Waals surface area (Å²) in [7, 11) is 0. The van der Waals surface area contributed by atoms with Gasteiger partial charge in [-0.05, 0) is 52.8 Å². The Morgan fingerprint density at radius 1 is 1.00 bits per heavy atom. The van der Waals surface area contributed by atoms with Gasteiger partial charge in [-0.25, -0.2) is 4.68 Å². The Morgan fingerprint density at radius 3 is 2.39 bits per heavy atom. The third-order valence-corrected chi connectivity index (χ3v) is 7.14. The first-order valence-corrected chi connectivity index (χ1v) is 11.5. The Kier molecular flexibility index (Phi) is 6.42. The summed E-state index contributed by atoms with van der Waals surface area (Å²) in [5.41, 5.74) is 1.25. The molecule has 3 heterocycles. The predicted molar refractivity (Wildman–Crippen MR) is 120 cm³/mol. The van der Waals surface area contributed by atoms with E-state index in [1.165, 1.54) is 14.2 Å². The smallest absolute Gasteiger partial charge is 0.199 e. The summed E-state index contributed by atoms with van der Waals surface area (Å²) in [6.07, 6.45) is 0. The molecule has 0 saturated carbocycles. The van der Waals surface area contributed by atoms with Gasteiger partial charge in [0.15, 0.2) is 4.77 Å². The minimum absolute atomic E-state index is 0.764. The fourth-order valence-corrected chi connectivity index (χ4v) is 5.35. The molecule has 0 unspecified atom stereocenters. The molecular formula is C20H24BrN5S2. The lowest BCUT2D eigenvalue weighted by molar-refractivity contribution is 0.0986. The van der Waals surface area contributed by atoms with E-state index in [-0.39, 0.29) is 0 Å². The van der Waals surface area contributed by atoms with Gasteiger partial charge in [-0.15, -0.1) is 11.3 Å². The summed E-state index contributed by atoms with van der Waals surface area (Å²) in [6.45, 7) is 8.84. The predicted octanol–water partition coefficient (Wildman–Crippen LogP) is 4.37. The molecule has 1 fully saturated rings. The number of hydrogen-bond acceptors (Lipinski definition) is 5. The van der Waals surface area contributed by atoms with Crippen molar-refractivity contribution in [2.24, 2.45) is 0 Å². The third kappa shape index (κ3) is 4.80. The Hall–Kier alpha value is -1.32. The van der Waals surface area contributed by atoms with Crippen LogP contribution in [0.15, 0.2) is 46.3 Å². The zero-order valence-electron chi connectivity index (χ0n) is 15.9. The molecule has 1 aromatic carbocycles. The van der Waals surface area contributed by atoms with Crippen LogP contribution in [0.5, 0.6) is 0 Å². The number of aryl methyl sites for hydroxylation is 1. The molecule has 148 valence electrons. The normalized spacial score (nSPS) is 15.9. The average Bonchev–Trinajstić information content (AvgIpc) is 3.22. The van der Waals surface area contributed by atoms with Crippen LogP contribution in [0, 0.1) is 11.7 Å². The van der Waals surface area contributed by atoms with Crippen LogP contribution >= 0.6 is 39.5 Å². The molecule has 0 bridgehead atoms. The van der Waals surface area contributed by atoms with Gasteiger partial charge in [0, 0.05) is 37.6 Å². The fourth-order valence-electron chi connectivity index (χ4n) is 3.52. The maximum absolute atomic E-state index is 5.72. The number of piperazine rings is 1. The lowest BCUT2D eigenvalue weighted by Gasteiger charge is -2.34. The Balaban J connectivity index is 1.35. The number of halogens is 1. The highest BCUT2D eigenvalue weighted by molar-refractivity contribution is 9.11. The van der Waals surface area contributed by atoms with Crippen molar-refractivity contribution in [2.45, 2.75) is 26.7 Å². The third-order valence-electron chi connectivity index (χ3n) is 5.10. The number of hydrogen-bond donors (Lipinski definition) is 0. The van der Waals surface area contributed by atoms with Crippen molar-refractivity contribution < 1.29 is 0 Å². The van der Waals surface area contributed by atoms with Crippen molar-refractivity contribution in [3.05, 3.63) is 67.3 Å². The van der Waals surface area contributed by atoms with Gasteiger partial charge in [0.05, 0.1) is 17.0 Å². The number of nitrogens with zero attached hydrogens (tertiary/aromatic N) is 5. The number of benzene rings is 1. The van der Waals surface area contributed by atoms with E-state index in [1.807, 2.05) is 29.0 Å². The van der Waals surface area contributed by atoms with Crippen LogP contribution in [0.2, 0.25) is 0 Å². The summed E-state index contributed by atoms with van der Waals surface area (Å²) in [4.78, 5) is 6.38. The van der Waals surface area contributed by atoms with Crippen molar-refractivity contribution in [3.8, 4) is 0 Å². The lowest BCUT2D eigenvalue weighted by atomic mass is 10.2. The van der Waals surface area contributed by atoms with Crippen molar-refractivity contribution in [1.82, 2.24) is 24.1 Å². The summed E-state index contributed by atoms with van der Waals surface area (Å²) in [6, 6.07) is 14.8. The average molecular weight is 478 g/mol. The van der Waals surface area contributed by atoms with E-state index < -0.39 is 0 Å². The summed E-state index contributed by atoms with van der Waals surface area (Å²) >= 11 is 11.1. The van der Waals surface area contributed by atoms with Gasteiger partial charge < -0.3 is 0 Å². The SMILES string of the molecule is Cc1nn(CN2CCN(Cc3ccc(Br)s3)CC2)c(=S)n1Cc1ccccc1. The molecular weight excluding hydrogens is 454 g/mol. The maximum atomic E-state index is 5.72. The largest absolute Gasteiger partial charge is 0.300 e. The van der Waals surface area contributed by atoms with Gasteiger partial charge in [0.25, 0.3) is 0 Å². The van der Waals surface area contributed by atoms with E-state index in [1.54, 1.807) is 0 Å². The Bertz CT molecular complexity index is 970. The second kappa shape index (κ2) is 9.00. The van der Waals surface area contributed by atoms with E-state index in [0.717, 1.165) is 56.5 Å². The highest BCUT2D eigenvalue weighted by Crippen LogP contribution is 2.23. The van der Waals surface area contributed by atoms with Gasteiger partial charge in [-0.3, -0.25) is 14.4 Å². The maximum Gasteiger partial charge on any atom is 0.199 e. The Morgan fingerprint density at radius 2 is 1.71 bits per heavy atom. The second-order valence-corrected chi connectivity index (χ2v) is 10.1. The van der Waals surface area contributed by atoms with Gasteiger partial charge in [0.2, 0.25) is 0 Å². The van der Waals surface area contributed by atoms with Gasteiger partial charge in [0.1, 0.15) is 5.82 Å². The molecule has 0 radical (unpaired) electrons. The highest BCUT2D eigenvalue weighted by Gasteiger charge is 2.19. The number of rotatable bonds is 6. The molecule has 0 N–H and O–H groups in total. The first-order chi connectivity index (χ1) is 13.6. The molecule has 1 saturated heterocycles.